The molecule has 5 nitrogen and oxygen atoms in total. The van der Waals surface area contributed by atoms with Crippen LogP contribution in [0.5, 0.6) is 0 Å². The van der Waals surface area contributed by atoms with Gasteiger partial charge < -0.3 is 14.4 Å². The number of rotatable bonds is 8. The van der Waals surface area contributed by atoms with Crippen molar-refractivity contribution in [1.82, 2.24) is 4.90 Å². The average Bonchev–Trinajstić information content (AvgIpc) is 2.48. The molecule has 23 heavy (non-hydrogen) atoms. The smallest absolute Gasteiger partial charge is 0.335 e. The van der Waals surface area contributed by atoms with Crippen molar-refractivity contribution in [2.75, 3.05) is 20.3 Å². The van der Waals surface area contributed by atoms with Crippen molar-refractivity contribution in [1.29, 1.82) is 0 Å². The molecule has 0 heterocycles. The molecule has 0 aliphatic carbocycles. The van der Waals surface area contributed by atoms with Gasteiger partial charge in [0.1, 0.15) is 0 Å². The summed E-state index contributed by atoms with van der Waals surface area (Å²) >= 11 is 11.8. The number of carbonyl (C=O) groups excluding carboxylic acids is 2. The largest absolute Gasteiger partial charge is 0.454 e. The maximum atomic E-state index is 12.0. The van der Waals surface area contributed by atoms with Gasteiger partial charge in [-0.25, -0.2) is 4.79 Å². The summed E-state index contributed by atoms with van der Waals surface area (Å²) in [6.07, 6.45) is 0.775. The number of esters is 1. The predicted octanol–water partition coefficient (Wildman–Crippen LogP) is 3.09. The number of amides is 1. The number of halogens is 2. The van der Waals surface area contributed by atoms with Crippen LogP contribution >= 0.6 is 23.2 Å². The van der Waals surface area contributed by atoms with Crippen molar-refractivity contribution in [3.63, 3.8) is 0 Å². The van der Waals surface area contributed by atoms with Gasteiger partial charge in [-0.15, -0.1) is 6.58 Å². The molecule has 1 atom stereocenters. The molecule has 1 amide bonds. The van der Waals surface area contributed by atoms with Gasteiger partial charge in [-0.05, 0) is 30.7 Å². The van der Waals surface area contributed by atoms with Crippen molar-refractivity contribution in [2.45, 2.75) is 19.6 Å². The first-order valence-corrected chi connectivity index (χ1v) is 7.67. The zero-order valence-electron chi connectivity index (χ0n) is 13.1. The first kappa shape index (κ1) is 19.5. The molecule has 0 fully saturated rings. The molecule has 0 radical (unpaired) electrons. The van der Waals surface area contributed by atoms with Crippen molar-refractivity contribution >= 4 is 35.1 Å². The first-order chi connectivity index (χ1) is 10.8. The average molecular weight is 360 g/mol. The second kappa shape index (κ2) is 9.55. The Labute approximate surface area is 145 Å². The van der Waals surface area contributed by atoms with E-state index in [1.807, 2.05) is 0 Å². The van der Waals surface area contributed by atoms with Gasteiger partial charge in [0.15, 0.2) is 12.7 Å². The quantitative estimate of drug-likeness (QED) is 0.528. The highest BCUT2D eigenvalue weighted by molar-refractivity contribution is 6.34. The summed E-state index contributed by atoms with van der Waals surface area (Å²) in [6.45, 7) is 5.22. The van der Waals surface area contributed by atoms with E-state index in [0.29, 0.717) is 16.6 Å². The van der Waals surface area contributed by atoms with Gasteiger partial charge >= 0.3 is 5.97 Å². The number of ether oxygens (including phenoxy) is 2. The Morgan fingerprint density at radius 2 is 1.91 bits per heavy atom. The van der Waals surface area contributed by atoms with Gasteiger partial charge in [0, 0.05) is 23.6 Å². The van der Waals surface area contributed by atoms with Gasteiger partial charge in [0.2, 0.25) is 0 Å². The summed E-state index contributed by atoms with van der Waals surface area (Å²) in [4.78, 5) is 25.0. The number of hydrogen-bond donors (Lipinski definition) is 0. The molecule has 1 unspecified atom stereocenters. The zero-order chi connectivity index (χ0) is 17.4. The van der Waals surface area contributed by atoms with Crippen LogP contribution in [0.15, 0.2) is 30.9 Å². The SMILES string of the molecule is C=CCOC(C)C(=O)OCC(=O)N(C)Cc1cc(Cl)cc(Cl)c1. The number of nitrogens with zero attached hydrogens (tertiary/aromatic N) is 1. The molecule has 1 aromatic rings. The van der Waals surface area contributed by atoms with E-state index in [9.17, 15) is 9.59 Å². The molecule has 0 aromatic heterocycles. The van der Waals surface area contributed by atoms with Crippen LogP contribution in [0.2, 0.25) is 10.0 Å². The normalized spacial score (nSPS) is 11.7. The zero-order valence-corrected chi connectivity index (χ0v) is 14.6. The van der Waals surface area contributed by atoms with Crippen LogP contribution in [0.3, 0.4) is 0 Å². The summed E-state index contributed by atoms with van der Waals surface area (Å²) in [6, 6.07) is 5.05. The van der Waals surface area contributed by atoms with E-state index < -0.39 is 12.1 Å². The first-order valence-electron chi connectivity index (χ1n) is 6.91. The number of hydrogen-bond acceptors (Lipinski definition) is 4. The Hall–Kier alpha value is -1.56. The Morgan fingerprint density at radius 3 is 2.48 bits per heavy atom. The van der Waals surface area contributed by atoms with Crippen LogP contribution in [0.25, 0.3) is 0 Å². The number of benzene rings is 1. The fourth-order valence-corrected chi connectivity index (χ4v) is 2.28. The molecule has 0 aliphatic rings. The molecule has 126 valence electrons. The minimum atomic E-state index is -0.752. The Bertz CT molecular complexity index is 557. The third-order valence-electron chi connectivity index (χ3n) is 2.90. The molecular weight excluding hydrogens is 341 g/mol. The molecule has 0 saturated carbocycles. The molecule has 1 aromatic carbocycles. The fraction of sp³-hybridized carbons (Fsp3) is 0.375. The van der Waals surface area contributed by atoms with Crippen LogP contribution in [-0.4, -0.2) is 43.1 Å². The van der Waals surface area contributed by atoms with Gasteiger partial charge in [-0.1, -0.05) is 29.3 Å². The highest BCUT2D eigenvalue weighted by atomic mass is 35.5. The topological polar surface area (TPSA) is 55.8 Å². The van der Waals surface area contributed by atoms with Crippen molar-refractivity contribution < 1.29 is 19.1 Å². The summed E-state index contributed by atoms with van der Waals surface area (Å²) in [5.74, 6) is -0.940. The standard InChI is InChI=1S/C16H19Cl2NO4/c1-4-5-22-11(2)16(21)23-10-15(20)19(3)9-12-6-13(17)8-14(18)7-12/h4,6-8,11H,1,5,9-10H2,2-3H3. The Morgan fingerprint density at radius 1 is 1.30 bits per heavy atom. The van der Waals surface area contributed by atoms with Crippen molar-refractivity contribution in [2.24, 2.45) is 0 Å². The molecule has 0 N–H and O–H groups in total. The maximum absolute atomic E-state index is 12.0. The highest BCUT2D eigenvalue weighted by Gasteiger charge is 2.18. The maximum Gasteiger partial charge on any atom is 0.335 e. The fourth-order valence-electron chi connectivity index (χ4n) is 1.71. The van der Waals surface area contributed by atoms with Crippen LogP contribution < -0.4 is 0 Å². The van der Waals surface area contributed by atoms with E-state index in [1.165, 1.54) is 11.0 Å². The van der Waals surface area contributed by atoms with Crippen molar-refractivity contribution in [3.05, 3.63) is 46.5 Å². The summed E-state index contributed by atoms with van der Waals surface area (Å²) in [7, 11) is 1.60. The van der Waals surface area contributed by atoms with E-state index in [4.69, 9.17) is 32.7 Å². The molecule has 0 spiro atoms. The second-order valence-corrected chi connectivity index (χ2v) is 5.77. The monoisotopic (exact) mass is 359 g/mol. The van der Waals surface area contributed by atoms with Gasteiger partial charge in [0.05, 0.1) is 6.61 Å². The van der Waals surface area contributed by atoms with E-state index in [-0.39, 0.29) is 19.1 Å². The van der Waals surface area contributed by atoms with Crippen molar-refractivity contribution in [3.8, 4) is 0 Å². The molecular formula is C16H19Cl2NO4. The summed E-state index contributed by atoms with van der Waals surface area (Å²) < 4.78 is 10.0. The number of carbonyl (C=O) groups is 2. The molecule has 0 aliphatic heterocycles. The lowest BCUT2D eigenvalue weighted by molar-refractivity contribution is -0.160. The summed E-state index contributed by atoms with van der Waals surface area (Å²) in [5, 5.41) is 0.987. The molecule has 1 rings (SSSR count). The van der Waals surface area contributed by atoms with Crippen LogP contribution in [0.4, 0.5) is 0 Å². The molecule has 0 bridgehead atoms. The van der Waals surface area contributed by atoms with Gasteiger partial charge in [-0.2, -0.15) is 0 Å². The predicted molar refractivity (Wildman–Crippen MR) is 89.5 cm³/mol. The Kier molecular flexibility index (Phi) is 8.09. The lowest BCUT2D eigenvalue weighted by atomic mass is 10.2. The minimum Gasteiger partial charge on any atom is -0.454 e. The van der Waals surface area contributed by atoms with E-state index >= 15 is 0 Å². The van der Waals surface area contributed by atoms with Crippen LogP contribution in [0, 0.1) is 0 Å². The lowest BCUT2D eigenvalue weighted by Crippen LogP contribution is -2.33. The molecule has 7 heteroatoms. The van der Waals surface area contributed by atoms with E-state index in [0.717, 1.165) is 5.56 Å². The third-order valence-corrected chi connectivity index (χ3v) is 3.34. The van der Waals surface area contributed by atoms with Gasteiger partial charge in [-0.3, -0.25) is 4.79 Å². The van der Waals surface area contributed by atoms with Crippen LogP contribution in [-0.2, 0) is 25.6 Å². The van der Waals surface area contributed by atoms with Crippen LogP contribution in [0.1, 0.15) is 12.5 Å². The molecule has 0 saturated heterocycles. The summed E-state index contributed by atoms with van der Waals surface area (Å²) in [5.41, 5.74) is 0.785. The highest BCUT2D eigenvalue weighted by Crippen LogP contribution is 2.19. The van der Waals surface area contributed by atoms with E-state index in [2.05, 4.69) is 6.58 Å². The third kappa shape index (κ3) is 7.03. The minimum absolute atomic E-state index is 0.236. The van der Waals surface area contributed by atoms with E-state index in [1.54, 1.807) is 32.2 Å². The second-order valence-electron chi connectivity index (χ2n) is 4.90. The lowest BCUT2D eigenvalue weighted by Gasteiger charge is -2.18. The number of likely N-dealkylation sites (N-methyl/N-ethyl adjacent to an activating group) is 1. The Balaban J connectivity index is 2.47. The van der Waals surface area contributed by atoms with Gasteiger partial charge in [0.25, 0.3) is 5.91 Å².